The third-order valence-electron chi connectivity index (χ3n) is 8.04. The number of allylic oxidation sites excluding steroid dienone is 5. The first-order chi connectivity index (χ1) is 13.7. The number of hydrogen-bond acceptors (Lipinski definition) is 4. The van der Waals surface area contributed by atoms with E-state index < -0.39 is 6.03 Å². The Morgan fingerprint density at radius 2 is 1.90 bits per heavy atom. The van der Waals surface area contributed by atoms with Gasteiger partial charge in [0, 0.05) is 11.1 Å². The number of hydrazine groups is 2. The zero-order valence-corrected chi connectivity index (χ0v) is 18.0. The maximum Gasteiger partial charge on any atom is 0.330 e. The normalized spacial score (nSPS) is 37.6. The fourth-order valence-corrected chi connectivity index (χ4v) is 6.58. The first-order valence-corrected chi connectivity index (χ1v) is 10.9. The van der Waals surface area contributed by atoms with Gasteiger partial charge in [0.25, 0.3) is 0 Å². The molecule has 0 radical (unpaired) electrons. The second-order valence-corrected chi connectivity index (χ2v) is 9.84. The number of amides is 2. The third-order valence-corrected chi connectivity index (χ3v) is 8.15. The van der Waals surface area contributed by atoms with E-state index in [-0.39, 0.29) is 15.9 Å². The smallest absolute Gasteiger partial charge is 0.330 e. The second-order valence-electron chi connectivity index (χ2n) is 9.40. The summed E-state index contributed by atoms with van der Waals surface area (Å²) in [6.45, 7) is 4.83. The molecule has 2 fully saturated rings. The van der Waals surface area contributed by atoms with Crippen molar-refractivity contribution in [3.05, 3.63) is 35.2 Å². The van der Waals surface area contributed by atoms with Gasteiger partial charge in [-0.05, 0) is 80.0 Å². The first-order valence-electron chi connectivity index (χ1n) is 10.5. The topological polar surface area (TPSA) is 117 Å². The van der Waals surface area contributed by atoms with E-state index in [1.165, 1.54) is 24.1 Å². The number of carbonyl (C=O) groups excluding carboxylic acids is 1. The van der Waals surface area contributed by atoms with Crippen molar-refractivity contribution in [2.75, 3.05) is 0 Å². The summed E-state index contributed by atoms with van der Waals surface area (Å²) >= 11 is 4.96. The monoisotopic (exact) mass is 416 g/mol. The first kappa shape index (κ1) is 20.1. The molecule has 4 rings (SSSR count). The average Bonchev–Trinajstić information content (AvgIpc) is 3.01. The van der Waals surface area contributed by atoms with Crippen molar-refractivity contribution in [1.82, 2.24) is 21.7 Å². The summed E-state index contributed by atoms with van der Waals surface area (Å²) in [6, 6.07) is -0.573. The molecule has 0 spiro atoms. The molecule has 29 heavy (non-hydrogen) atoms. The summed E-state index contributed by atoms with van der Waals surface area (Å²) in [7, 11) is 0. The molecule has 5 atom stereocenters. The van der Waals surface area contributed by atoms with Crippen molar-refractivity contribution in [3.63, 3.8) is 0 Å². The van der Waals surface area contributed by atoms with Crippen molar-refractivity contribution >= 4 is 23.4 Å². The third kappa shape index (κ3) is 3.37. The number of hydrogen-bond donors (Lipinski definition) is 6. The molecule has 8 heteroatoms. The molecular formula is C21H32N6OS. The van der Waals surface area contributed by atoms with Crippen LogP contribution in [0.1, 0.15) is 52.4 Å². The molecule has 4 aliphatic rings. The lowest BCUT2D eigenvalue weighted by molar-refractivity contribution is -0.0243. The van der Waals surface area contributed by atoms with Crippen LogP contribution in [0.4, 0.5) is 4.79 Å². The maximum atomic E-state index is 11.0. The van der Waals surface area contributed by atoms with Gasteiger partial charge in [0.1, 0.15) is 0 Å². The molecule has 2 saturated carbocycles. The summed E-state index contributed by atoms with van der Waals surface area (Å²) in [5, 5.41) is 0.274. The van der Waals surface area contributed by atoms with Crippen molar-refractivity contribution in [2.45, 2.75) is 52.4 Å². The fourth-order valence-electron chi connectivity index (χ4n) is 6.53. The van der Waals surface area contributed by atoms with Gasteiger partial charge in [-0.1, -0.05) is 31.6 Å². The van der Waals surface area contributed by atoms with Gasteiger partial charge in [-0.3, -0.25) is 16.3 Å². The number of nitrogens with two attached hydrogens (primary N) is 2. The Hall–Kier alpha value is -2.22. The fraction of sp³-hybridized carbons (Fsp3) is 0.619. The molecule has 0 aromatic heterocycles. The van der Waals surface area contributed by atoms with E-state index in [0.29, 0.717) is 17.8 Å². The lowest BCUT2D eigenvalue weighted by atomic mass is 9.47. The minimum atomic E-state index is -0.573. The van der Waals surface area contributed by atoms with Gasteiger partial charge in [0.05, 0.1) is 5.70 Å². The Kier molecular flexibility index (Phi) is 5.01. The Labute approximate surface area is 177 Å². The van der Waals surface area contributed by atoms with Gasteiger partial charge in [-0.15, -0.1) is 0 Å². The van der Waals surface area contributed by atoms with Crippen LogP contribution in [0.5, 0.6) is 0 Å². The highest BCUT2D eigenvalue weighted by atomic mass is 32.1. The highest BCUT2D eigenvalue weighted by Crippen LogP contribution is 2.64. The van der Waals surface area contributed by atoms with Crippen LogP contribution in [0.3, 0.4) is 0 Å². The minimum Gasteiger partial charge on any atom is -0.375 e. The highest BCUT2D eigenvalue weighted by Gasteiger charge is 2.56. The van der Waals surface area contributed by atoms with E-state index in [4.69, 9.17) is 23.7 Å². The van der Waals surface area contributed by atoms with Gasteiger partial charge >= 0.3 is 6.03 Å². The Morgan fingerprint density at radius 3 is 2.62 bits per heavy atom. The minimum absolute atomic E-state index is 0.152. The average molecular weight is 417 g/mol. The molecule has 0 bridgehead atoms. The number of carbonyl (C=O) groups is 1. The summed E-state index contributed by atoms with van der Waals surface area (Å²) in [5.41, 5.74) is 26.4. The van der Waals surface area contributed by atoms with Gasteiger partial charge in [0.15, 0.2) is 5.11 Å². The lowest BCUT2D eigenvalue weighted by Crippen LogP contribution is -2.52. The van der Waals surface area contributed by atoms with E-state index in [1.807, 2.05) is 0 Å². The SMILES string of the molecule is C[C@@]12CC=C(NNC(N)=O)C=C1CC[C@@H]1[C@H]2CC[C@]2(C)C(NNC(N)=S)=CC[C@H]12. The number of nitrogens with one attached hydrogen (secondary N) is 4. The second kappa shape index (κ2) is 7.23. The van der Waals surface area contributed by atoms with Gasteiger partial charge in [-0.25, -0.2) is 4.79 Å². The summed E-state index contributed by atoms with van der Waals surface area (Å²) in [4.78, 5) is 11.0. The molecule has 0 heterocycles. The highest BCUT2D eigenvalue weighted by molar-refractivity contribution is 7.80. The summed E-state index contributed by atoms with van der Waals surface area (Å²) in [5.74, 6) is 2.04. The van der Waals surface area contributed by atoms with E-state index in [0.717, 1.165) is 31.4 Å². The Bertz CT molecular complexity index is 820. The van der Waals surface area contributed by atoms with E-state index in [1.54, 1.807) is 0 Å². The molecule has 0 aromatic carbocycles. The quantitative estimate of drug-likeness (QED) is 0.310. The summed E-state index contributed by atoms with van der Waals surface area (Å²) < 4.78 is 0. The molecule has 4 aliphatic carbocycles. The van der Waals surface area contributed by atoms with Crippen LogP contribution in [-0.2, 0) is 0 Å². The van der Waals surface area contributed by atoms with Crippen molar-refractivity contribution in [1.29, 1.82) is 0 Å². The van der Waals surface area contributed by atoms with Gasteiger partial charge < -0.3 is 16.9 Å². The standard InChI is InChI=1S/C21H32N6OS/c1-20-9-7-13(24-26-18(22)28)11-12(20)3-4-14-15-5-6-17(25-27-19(23)29)21(15,2)10-8-16(14)20/h6-7,11,14-16,24-25H,3-5,8-10H2,1-2H3,(H3,22,26,28)(H3,23,27,29)/t14-,15+,16+,20+,21-/m0/s1. The molecule has 0 aromatic rings. The zero-order valence-electron chi connectivity index (χ0n) is 17.2. The van der Waals surface area contributed by atoms with Crippen molar-refractivity contribution in [2.24, 2.45) is 40.1 Å². The number of thiocarbonyl (C=S) groups is 1. The van der Waals surface area contributed by atoms with Crippen LogP contribution in [0, 0.1) is 28.6 Å². The van der Waals surface area contributed by atoms with Crippen LogP contribution in [0.25, 0.3) is 0 Å². The van der Waals surface area contributed by atoms with Crippen molar-refractivity contribution < 1.29 is 4.79 Å². The van der Waals surface area contributed by atoms with Crippen LogP contribution < -0.4 is 33.2 Å². The molecule has 0 unspecified atom stereocenters. The van der Waals surface area contributed by atoms with E-state index in [9.17, 15) is 4.79 Å². The summed E-state index contributed by atoms with van der Waals surface area (Å²) in [6.07, 6.45) is 13.6. The van der Waals surface area contributed by atoms with Gasteiger partial charge in [0.2, 0.25) is 0 Å². The number of rotatable bonds is 4. The van der Waals surface area contributed by atoms with Crippen LogP contribution in [0.15, 0.2) is 35.2 Å². The van der Waals surface area contributed by atoms with E-state index >= 15 is 0 Å². The molecule has 158 valence electrons. The largest absolute Gasteiger partial charge is 0.375 e. The molecular weight excluding hydrogens is 384 g/mol. The molecule has 8 N–H and O–H groups in total. The Morgan fingerprint density at radius 1 is 1.10 bits per heavy atom. The number of fused-ring (bicyclic) bond motifs is 5. The van der Waals surface area contributed by atoms with Crippen molar-refractivity contribution in [3.8, 4) is 0 Å². The van der Waals surface area contributed by atoms with Crippen LogP contribution in [-0.4, -0.2) is 11.1 Å². The predicted molar refractivity (Wildman–Crippen MR) is 118 cm³/mol. The molecule has 2 amide bonds. The van der Waals surface area contributed by atoms with Crippen LogP contribution in [0.2, 0.25) is 0 Å². The van der Waals surface area contributed by atoms with E-state index in [2.05, 4.69) is 53.8 Å². The number of primary amides is 1. The maximum absolute atomic E-state index is 11.0. The van der Waals surface area contributed by atoms with Gasteiger partial charge in [-0.2, -0.15) is 0 Å². The van der Waals surface area contributed by atoms with Crippen LogP contribution >= 0.6 is 12.2 Å². The lowest BCUT2D eigenvalue weighted by Gasteiger charge is -2.57. The zero-order chi connectivity index (χ0) is 20.8. The predicted octanol–water partition coefficient (Wildman–Crippen LogP) is 2.45. The molecule has 0 aliphatic heterocycles. The molecule has 7 nitrogen and oxygen atoms in total. The Balaban J connectivity index is 1.50. The molecule has 0 saturated heterocycles. The number of urea groups is 1.